The van der Waals surface area contributed by atoms with Crippen molar-refractivity contribution in [3.63, 3.8) is 0 Å². The van der Waals surface area contributed by atoms with Crippen LogP contribution in [0.3, 0.4) is 0 Å². The number of esters is 1. The molecule has 3 aliphatic rings. The second kappa shape index (κ2) is 10.6. The lowest BCUT2D eigenvalue weighted by Gasteiger charge is -2.49. The molecule has 2 N–H and O–H groups in total. The molecule has 4 unspecified atom stereocenters. The molecule has 3 aliphatic heterocycles. The minimum Gasteiger partial charge on any atom is -0.464 e. The quantitative estimate of drug-likeness (QED) is 0.272. The number of carbonyl (C=O) groups excluding carboxylic acids is 2. The number of allylic oxidation sites excluding steroid dienone is 2. The van der Waals surface area contributed by atoms with Crippen LogP contribution < -0.4 is 20.1 Å². The number of amides is 1. The zero-order valence-corrected chi connectivity index (χ0v) is 21.4. The zero-order valence-electron chi connectivity index (χ0n) is 21.4. The van der Waals surface area contributed by atoms with E-state index in [4.69, 9.17) is 9.47 Å². The monoisotopic (exact) mass is 522 g/mol. The Morgan fingerprint density at radius 1 is 1.27 bits per heavy atom. The molecule has 3 heterocycles. The molecule has 1 saturated heterocycles. The van der Waals surface area contributed by atoms with E-state index in [1.165, 1.54) is 24.1 Å². The van der Waals surface area contributed by atoms with Crippen molar-refractivity contribution < 1.29 is 37.3 Å². The summed E-state index contributed by atoms with van der Waals surface area (Å²) in [6.45, 7) is 3.65. The fraction of sp³-hybridized carbons (Fsp3) is 0.520. The highest BCUT2D eigenvalue weighted by atomic mass is 19.3. The summed E-state index contributed by atoms with van der Waals surface area (Å²) >= 11 is 0. The molecule has 5 atom stereocenters. The molecule has 37 heavy (non-hydrogen) atoms. The number of ether oxygens (including phenoxy) is 4. The molecule has 10 nitrogen and oxygen atoms in total. The molecule has 4 rings (SSSR count). The molecular formula is C25H32F2N4O6. The highest BCUT2D eigenvalue weighted by Crippen LogP contribution is 2.42. The molecule has 12 heteroatoms. The summed E-state index contributed by atoms with van der Waals surface area (Å²) in [5, 5.41) is 6.32. The Labute approximate surface area is 214 Å². The van der Waals surface area contributed by atoms with Gasteiger partial charge in [-0.1, -0.05) is 6.07 Å². The van der Waals surface area contributed by atoms with Gasteiger partial charge in [0.15, 0.2) is 17.9 Å². The van der Waals surface area contributed by atoms with E-state index < -0.39 is 36.6 Å². The van der Waals surface area contributed by atoms with Crippen LogP contribution in [0.5, 0.6) is 11.5 Å². The second-order valence-electron chi connectivity index (χ2n) is 9.06. The van der Waals surface area contributed by atoms with Gasteiger partial charge in [-0.05, 0) is 62.7 Å². The summed E-state index contributed by atoms with van der Waals surface area (Å²) in [5.41, 5.74) is 1.52. The van der Waals surface area contributed by atoms with E-state index >= 15 is 0 Å². The number of rotatable bonds is 10. The van der Waals surface area contributed by atoms with Crippen molar-refractivity contribution in [2.75, 3.05) is 27.8 Å². The van der Waals surface area contributed by atoms with E-state index in [0.717, 1.165) is 5.57 Å². The summed E-state index contributed by atoms with van der Waals surface area (Å²) in [4.78, 5) is 29.5. The summed E-state index contributed by atoms with van der Waals surface area (Å²) < 4.78 is 46.6. The molecule has 0 aromatic heterocycles. The first-order valence-corrected chi connectivity index (χ1v) is 12.0. The van der Waals surface area contributed by atoms with Crippen LogP contribution >= 0.6 is 0 Å². The van der Waals surface area contributed by atoms with Gasteiger partial charge in [0.1, 0.15) is 6.04 Å². The number of alkyl halides is 2. The fourth-order valence-electron chi connectivity index (χ4n) is 4.71. The number of hydrogen-bond donors (Lipinski definition) is 2. The fourth-order valence-corrected chi connectivity index (χ4v) is 4.71. The Hall–Kier alpha value is -3.22. The minimum atomic E-state index is -3.72. The lowest BCUT2D eigenvalue weighted by Crippen LogP contribution is -2.70. The van der Waals surface area contributed by atoms with Crippen LogP contribution in [0.1, 0.15) is 31.9 Å². The van der Waals surface area contributed by atoms with Crippen molar-refractivity contribution >= 4 is 11.9 Å². The lowest BCUT2D eigenvalue weighted by molar-refractivity contribution is -0.286. The number of likely N-dealkylation sites (N-methyl/N-ethyl adjacent to an activating group) is 2. The molecule has 0 saturated carbocycles. The number of hydrogen-bond acceptors (Lipinski definition) is 9. The number of halogens is 2. The maximum absolute atomic E-state index is 13.4. The van der Waals surface area contributed by atoms with E-state index in [0.29, 0.717) is 12.0 Å². The molecule has 202 valence electrons. The number of nitrogens with zero attached hydrogens (tertiary/aromatic N) is 2. The van der Waals surface area contributed by atoms with E-state index in [2.05, 4.69) is 20.1 Å². The molecule has 0 spiro atoms. The van der Waals surface area contributed by atoms with Gasteiger partial charge in [-0.15, -0.1) is 8.78 Å². The number of likely N-dealkylation sites (tertiary alicyclic amines) is 1. The Morgan fingerprint density at radius 2 is 2.00 bits per heavy atom. The van der Waals surface area contributed by atoms with Crippen LogP contribution in [0.4, 0.5) is 8.78 Å². The van der Waals surface area contributed by atoms with Crippen molar-refractivity contribution in [1.82, 2.24) is 20.4 Å². The Balaban J connectivity index is 1.50. The van der Waals surface area contributed by atoms with E-state index in [-0.39, 0.29) is 30.2 Å². The predicted octanol–water partition coefficient (Wildman–Crippen LogP) is 2.30. The zero-order chi connectivity index (χ0) is 26.9. The maximum Gasteiger partial charge on any atom is 0.586 e. The molecule has 1 aromatic rings. The van der Waals surface area contributed by atoms with Gasteiger partial charge < -0.3 is 23.8 Å². The molecular weight excluding hydrogens is 490 g/mol. The number of benzene rings is 1. The number of methoxy groups -OCH3 is 1. The van der Waals surface area contributed by atoms with Gasteiger partial charge in [0, 0.05) is 26.4 Å². The summed E-state index contributed by atoms with van der Waals surface area (Å²) in [5.74, 6) is -1.54. The second-order valence-corrected chi connectivity index (χ2v) is 9.06. The molecule has 0 radical (unpaired) electrons. The topological polar surface area (TPSA) is 102 Å². The molecule has 1 amide bonds. The van der Waals surface area contributed by atoms with Crippen molar-refractivity contribution in [3.8, 4) is 11.5 Å². The van der Waals surface area contributed by atoms with E-state index in [9.17, 15) is 18.4 Å². The molecule has 1 aromatic carbocycles. The summed E-state index contributed by atoms with van der Waals surface area (Å²) in [6.07, 6.45) is 1.50. The highest BCUT2D eigenvalue weighted by Gasteiger charge is 2.55. The van der Waals surface area contributed by atoms with E-state index in [1.54, 1.807) is 19.9 Å². The van der Waals surface area contributed by atoms with Gasteiger partial charge in [-0.25, -0.2) is 4.79 Å². The normalized spacial score (nSPS) is 25.4. The van der Waals surface area contributed by atoms with E-state index in [1.807, 2.05) is 37.3 Å². The highest BCUT2D eigenvalue weighted by molar-refractivity contribution is 5.97. The van der Waals surface area contributed by atoms with Crippen LogP contribution in [-0.4, -0.2) is 74.3 Å². The van der Waals surface area contributed by atoms with Crippen molar-refractivity contribution in [3.05, 3.63) is 47.7 Å². The summed E-state index contributed by atoms with van der Waals surface area (Å²) in [7, 11) is 5.19. The van der Waals surface area contributed by atoms with Gasteiger partial charge >= 0.3 is 12.3 Å². The van der Waals surface area contributed by atoms with Crippen LogP contribution in [0.25, 0.3) is 0 Å². The number of carbonyl (C=O) groups is 2. The van der Waals surface area contributed by atoms with Gasteiger partial charge in [-0.2, -0.15) is 0 Å². The van der Waals surface area contributed by atoms with Gasteiger partial charge in [0.2, 0.25) is 5.91 Å². The third kappa shape index (κ3) is 5.41. The van der Waals surface area contributed by atoms with Crippen LogP contribution in [0, 0.1) is 5.92 Å². The number of fused-ring (bicyclic) bond motifs is 1. The van der Waals surface area contributed by atoms with Crippen LogP contribution in [-0.2, 0) is 19.1 Å². The number of nitrogens with one attached hydrogen (secondary N) is 2. The smallest absolute Gasteiger partial charge is 0.464 e. The minimum absolute atomic E-state index is 0.0248. The first-order valence-electron chi connectivity index (χ1n) is 12.0. The van der Waals surface area contributed by atoms with Gasteiger partial charge in [0.25, 0.3) is 0 Å². The number of β-lactam (4-membered cyclic amide) rings is 1. The molecule has 0 aliphatic carbocycles. The first-order chi connectivity index (χ1) is 17.6. The standard InChI is InChI=1S/C25H32F2N4O6/c1-6-35-23(33)21-17(11-15-9-10-30(4)20(12-15)28-3)22(32)31(21)24(34-5)29-14(2)16-7-8-18-19(13-16)37-25(26,27)36-18/h7-10,12-14,17,20-21,24,28-29H,6,11H2,1-5H3/t14?,17-,20?,21?,24?/m1/s1. The summed E-state index contributed by atoms with van der Waals surface area (Å²) in [6, 6.07) is 3.11. The van der Waals surface area contributed by atoms with Crippen LogP contribution in [0.15, 0.2) is 42.1 Å². The largest absolute Gasteiger partial charge is 0.586 e. The van der Waals surface area contributed by atoms with Crippen molar-refractivity contribution in [2.45, 2.75) is 51.2 Å². The molecule has 0 bridgehead atoms. The third-order valence-corrected chi connectivity index (χ3v) is 6.66. The SMILES string of the molecule is CCOC(=O)C1[C@@H](CC2=CC(NC)N(C)C=C2)C(=O)N1C(NC(C)c1ccc2c(c1)OC(F)(F)O2)OC. The first kappa shape index (κ1) is 26.8. The van der Waals surface area contributed by atoms with Gasteiger partial charge in [-0.3, -0.25) is 20.3 Å². The van der Waals surface area contributed by atoms with Crippen molar-refractivity contribution in [2.24, 2.45) is 5.92 Å². The maximum atomic E-state index is 13.4. The Bertz CT molecular complexity index is 1100. The average molecular weight is 523 g/mol. The van der Waals surface area contributed by atoms with Gasteiger partial charge in [0.05, 0.1) is 18.7 Å². The molecule has 1 fully saturated rings. The third-order valence-electron chi connectivity index (χ3n) is 6.66. The Morgan fingerprint density at radius 3 is 2.68 bits per heavy atom. The van der Waals surface area contributed by atoms with Crippen LogP contribution in [0.2, 0.25) is 0 Å². The Kier molecular flexibility index (Phi) is 7.72. The lowest BCUT2D eigenvalue weighted by atomic mass is 9.81. The predicted molar refractivity (Wildman–Crippen MR) is 128 cm³/mol. The average Bonchev–Trinajstić information content (AvgIpc) is 3.18. The van der Waals surface area contributed by atoms with Crippen molar-refractivity contribution in [1.29, 1.82) is 0 Å².